The van der Waals surface area contributed by atoms with Crippen molar-refractivity contribution in [3.8, 4) is 0 Å². The summed E-state index contributed by atoms with van der Waals surface area (Å²) in [5.74, 6) is -0.169. The van der Waals surface area contributed by atoms with E-state index in [0.717, 1.165) is 24.5 Å². The van der Waals surface area contributed by atoms with Crippen molar-refractivity contribution in [2.24, 2.45) is 7.05 Å². The van der Waals surface area contributed by atoms with Crippen LogP contribution in [0.25, 0.3) is 0 Å². The topological polar surface area (TPSA) is 92.9 Å². The van der Waals surface area contributed by atoms with Gasteiger partial charge in [0.1, 0.15) is 6.33 Å². The molecule has 100 valence electrons. The number of pyridine rings is 1. The molecule has 0 saturated heterocycles. The van der Waals surface area contributed by atoms with Gasteiger partial charge in [0.15, 0.2) is 5.82 Å². The molecule has 0 aromatic carbocycles. The first-order valence-electron chi connectivity index (χ1n) is 5.88. The minimum Gasteiger partial charge on any atom is -0.478 e. The predicted molar refractivity (Wildman–Crippen MR) is 67.6 cm³/mol. The lowest BCUT2D eigenvalue weighted by atomic mass is 10.2. The number of nitrogens with zero attached hydrogens (tertiary/aromatic N) is 4. The highest BCUT2D eigenvalue weighted by molar-refractivity contribution is 5.87. The Morgan fingerprint density at radius 3 is 2.84 bits per heavy atom. The standard InChI is InChI=1S/C12H15N5O2/c1-17-8-15-11(16-17)4-5-13-7-10-3-2-9(6-14-10)12(18)19/h2-3,6,8,13H,4-5,7H2,1H3,(H,18,19). The average Bonchev–Trinajstić information content (AvgIpc) is 2.81. The molecular weight excluding hydrogens is 246 g/mol. The third-order valence-electron chi connectivity index (χ3n) is 2.55. The van der Waals surface area contributed by atoms with E-state index in [9.17, 15) is 4.79 Å². The van der Waals surface area contributed by atoms with E-state index in [-0.39, 0.29) is 5.56 Å². The fraction of sp³-hybridized carbons (Fsp3) is 0.333. The molecule has 0 amide bonds. The van der Waals surface area contributed by atoms with Crippen molar-refractivity contribution in [2.45, 2.75) is 13.0 Å². The number of aromatic nitrogens is 4. The quantitative estimate of drug-likeness (QED) is 0.724. The van der Waals surface area contributed by atoms with Crippen LogP contribution in [0.4, 0.5) is 0 Å². The molecule has 0 radical (unpaired) electrons. The second-order valence-corrected chi connectivity index (χ2v) is 4.10. The molecule has 0 fully saturated rings. The van der Waals surface area contributed by atoms with E-state index in [2.05, 4.69) is 20.4 Å². The third-order valence-corrected chi connectivity index (χ3v) is 2.55. The molecule has 2 N–H and O–H groups in total. The molecule has 7 nitrogen and oxygen atoms in total. The van der Waals surface area contributed by atoms with Gasteiger partial charge in [-0.1, -0.05) is 0 Å². The van der Waals surface area contributed by atoms with Gasteiger partial charge >= 0.3 is 5.97 Å². The van der Waals surface area contributed by atoms with Gasteiger partial charge in [-0.15, -0.1) is 0 Å². The second kappa shape index (κ2) is 6.05. The highest BCUT2D eigenvalue weighted by Crippen LogP contribution is 2.00. The first-order chi connectivity index (χ1) is 9.15. The van der Waals surface area contributed by atoms with Crippen LogP contribution < -0.4 is 5.32 Å². The molecule has 0 unspecified atom stereocenters. The molecule has 0 saturated carbocycles. The Hall–Kier alpha value is -2.28. The zero-order chi connectivity index (χ0) is 13.7. The van der Waals surface area contributed by atoms with Gasteiger partial charge in [0, 0.05) is 32.8 Å². The molecule has 0 aliphatic heterocycles. The SMILES string of the molecule is Cn1cnc(CCNCc2ccc(C(=O)O)cn2)n1. The lowest BCUT2D eigenvalue weighted by Crippen LogP contribution is -2.18. The van der Waals surface area contributed by atoms with Crippen molar-refractivity contribution in [2.75, 3.05) is 6.54 Å². The summed E-state index contributed by atoms with van der Waals surface area (Å²) in [5.41, 5.74) is 1.00. The second-order valence-electron chi connectivity index (χ2n) is 4.10. The maximum Gasteiger partial charge on any atom is 0.337 e. The fourth-order valence-corrected chi connectivity index (χ4v) is 1.57. The van der Waals surface area contributed by atoms with Crippen LogP contribution in [0.5, 0.6) is 0 Å². The zero-order valence-corrected chi connectivity index (χ0v) is 10.6. The number of hydrogen-bond donors (Lipinski definition) is 2. The molecule has 2 rings (SSSR count). The number of carboxylic acids is 1. The van der Waals surface area contributed by atoms with E-state index < -0.39 is 5.97 Å². The van der Waals surface area contributed by atoms with Gasteiger partial charge < -0.3 is 10.4 Å². The molecule has 2 aromatic heterocycles. The number of aryl methyl sites for hydroxylation is 1. The lowest BCUT2D eigenvalue weighted by Gasteiger charge is -2.03. The van der Waals surface area contributed by atoms with E-state index in [1.54, 1.807) is 23.1 Å². The summed E-state index contributed by atoms with van der Waals surface area (Å²) in [7, 11) is 1.83. The Morgan fingerprint density at radius 2 is 2.26 bits per heavy atom. The largest absolute Gasteiger partial charge is 0.478 e. The Morgan fingerprint density at radius 1 is 1.42 bits per heavy atom. The molecule has 0 spiro atoms. The van der Waals surface area contributed by atoms with Crippen molar-refractivity contribution in [3.63, 3.8) is 0 Å². The van der Waals surface area contributed by atoms with Gasteiger partial charge in [-0.25, -0.2) is 9.78 Å². The van der Waals surface area contributed by atoms with Crippen LogP contribution in [0.15, 0.2) is 24.7 Å². The van der Waals surface area contributed by atoms with Gasteiger partial charge in [0.2, 0.25) is 0 Å². The van der Waals surface area contributed by atoms with E-state index in [1.807, 2.05) is 7.05 Å². The Balaban J connectivity index is 1.75. The average molecular weight is 261 g/mol. The highest BCUT2D eigenvalue weighted by Gasteiger charge is 2.03. The van der Waals surface area contributed by atoms with Gasteiger partial charge in [0.25, 0.3) is 0 Å². The van der Waals surface area contributed by atoms with Crippen molar-refractivity contribution < 1.29 is 9.90 Å². The Labute approximate surface area is 110 Å². The van der Waals surface area contributed by atoms with Crippen molar-refractivity contribution in [3.05, 3.63) is 41.7 Å². The van der Waals surface area contributed by atoms with Crippen molar-refractivity contribution in [1.29, 1.82) is 0 Å². The summed E-state index contributed by atoms with van der Waals surface area (Å²) >= 11 is 0. The predicted octanol–water partition coefficient (Wildman–Crippen LogP) is 0.241. The Kier molecular flexibility index (Phi) is 4.19. The smallest absolute Gasteiger partial charge is 0.337 e. The van der Waals surface area contributed by atoms with Crippen LogP contribution in [-0.2, 0) is 20.0 Å². The van der Waals surface area contributed by atoms with Crippen LogP contribution >= 0.6 is 0 Å². The van der Waals surface area contributed by atoms with E-state index in [4.69, 9.17) is 5.11 Å². The highest BCUT2D eigenvalue weighted by atomic mass is 16.4. The summed E-state index contributed by atoms with van der Waals surface area (Å²) in [5, 5.41) is 16.1. The van der Waals surface area contributed by atoms with E-state index >= 15 is 0 Å². The van der Waals surface area contributed by atoms with Crippen LogP contribution in [0.3, 0.4) is 0 Å². The summed E-state index contributed by atoms with van der Waals surface area (Å²) in [4.78, 5) is 18.9. The summed E-state index contributed by atoms with van der Waals surface area (Å²) in [6.45, 7) is 1.33. The molecule has 2 heterocycles. The number of carbonyl (C=O) groups is 1. The number of carboxylic acid groups (broad SMARTS) is 1. The molecule has 2 aromatic rings. The number of aromatic carboxylic acids is 1. The summed E-state index contributed by atoms with van der Waals surface area (Å²) in [6, 6.07) is 3.25. The minimum absolute atomic E-state index is 0.196. The Bertz CT molecular complexity index is 550. The maximum absolute atomic E-state index is 10.7. The monoisotopic (exact) mass is 261 g/mol. The van der Waals surface area contributed by atoms with Crippen molar-refractivity contribution in [1.82, 2.24) is 25.1 Å². The van der Waals surface area contributed by atoms with Gasteiger partial charge in [-0.2, -0.15) is 5.10 Å². The number of nitrogens with one attached hydrogen (secondary N) is 1. The zero-order valence-electron chi connectivity index (χ0n) is 10.6. The molecule has 0 atom stereocenters. The third kappa shape index (κ3) is 3.85. The number of hydrogen-bond acceptors (Lipinski definition) is 5. The summed E-state index contributed by atoms with van der Waals surface area (Å²) < 4.78 is 1.67. The first-order valence-corrected chi connectivity index (χ1v) is 5.88. The maximum atomic E-state index is 10.7. The fourth-order valence-electron chi connectivity index (χ4n) is 1.57. The molecular formula is C12H15N5O2. The van der Waals surface area contributed by atoms with Crippen LogP contribution in [0.2, 0.25) is 0 Å². The molecule has 7 heteroatoms. The lowest BCUT2D eigenvalue weighted by molar-refractivity contribution is 0.0696. The van der Waals surface area contributed by atoms with Crippen LogP contribution in [0.1, 0.15) is 21.9 Å². The van der Waals surface area contributed by atoms with Gasteiger partial charge in [0.05, 0.1) is 11.3 Å². The first kappa shape index (κ1) is 13.2. The van der Waals surface area contributed by atoms with Gasteiger partial charge in [-0.05, 0) is 12.1 Å². The number of rotatable bonds is 6. The van der Waals surface area contributed by atoms with Gasteiger partial charge in [-0.3, -0.25) is 9.67 Å². The van der Waals surface area contributed by atoms with Crippen molar-refractivity contribution >= 4 is 5.97 Å². The normalized spacial score (nSPS) is 10.6. The van der Waals surface area contributed by atoms with E-state index in [0.29, 0.717) is 6.54 Å². The van der Waals surface area contributed by atoms with Crippen LogP contribution in [0, 0.1) is 0 Å². The molecule has 0 aliphatic rings. The van der Waals surface area contributed by atoms with Crippen LogP contribution in [-0.4, -0.2) is 37.4 Å². The summed E-state index contributed by atoms with van der Waals surface area (Å²) in [6.07, 6.45) is 3.77. The molecule has 19 heavy (non-hydrogen) atoms. The molecule has 0 aliphatic carbocycles. The van der Waals surface area contributed by atoms with E-state index in [1.165, 1.54) is 6.20 Å². The minimum atomic E-state index is -0.965. The molecule has 0 bridgehead atoms.